The topological polar surface area (TPSA) is 17.1 Å². The lowest BCUT2D eigenvalue weighted by atomic mass is 9.84. The van der Waals surface area contributed by atoms with Crippen LogP contribution >= 0.6 is 11.8 Å². The minimum Gasteiger partial charge on any atom is -0.234 e. The minimum absolute atomic E-state index is 0.00772. The van der Waals surface area contributed by atoms with Crippen LogP contribution in [0, 0.1) is 11.3 Å². The third-order valence-corrected chi connectivity index (χ3v) is 3.86. The summed E-state index contributed by atoms with van der Waals surface area (Å²) in [5, 5.41) is 0. The summed E-state index contributed by atoms with van der Waals surface area (Å²) in [7, 11) is 0. The molecule has 1 unspecified atom stereocenters. The van der Waals surface area contributed by atoms with Crippen molar-refractivity contribution < 1.29 is 4.79 Å². The Labute approximate surface area is 111 Å². The molecule has 0 saturated heterocycles. The fourth-order valence-corrected chi connectivity index (χ4v) is 2.48. The first-order valence-electron chi connectivity index (χ1n) is 6.65. The van der Waals surface area contributed by atoms with Crippen LogP contribution in [0.25, 0.3) is 0 Å². The molecule has 0 radical (unpaired) electrons. The van der Waals surface area contributed by atoms with Crippen LogP contribution in [0.1, 0.15) is 59.8 Å². The molecular weight excluding hydrogens is 228 g/mol. The van der Waals surface area contributed by atoms with E-state index in [0.29, 0.717) is 0 Å². The summed E-state index contributed by atoms with van der Waals surface area (Å²) >= 11 is 1.93. The first kappa shape index (κ1) is 16.8. The third-order valence-electron chi connectivity index (χ3n) is 3.22. The zero-order valence-electron chi connectivity index (χ0n) is 12.1. The average Bonchev–Trinajstić information content (AvgIpc) is 2.24. The number of unbranched alkanes of at least 4 members (excludes halogenated alkanes) is 1. The van der Waals surface area contributed by atoms with Gasteiger partial charge in [0.1, 0.15) is 5.94 Å². The summed E-state index contributed by atoms with van der Waals surface area (Å²) in [6.45, 7) is 8.60. The maximum absolute atomic E-state index is 10.9. The van der Waals surface area contributed by atoms with Crippen molar-refractivity contribution >= 4 is 17.7 Å². The molecule has 0 aliphatic rings. The lowest BCUT2D eigenvalue weighted by Crippen LogP contribution is -2.10. The summed E-state index contributed by atoms with van der Waals surface area (Å²) in [6.07, 6.45) is 8.05. The van der Waals surface area contributed by atoms with Gasteiger partial charge in [-0.15, -0.1) is 0 Å². The SMILES string of the molecule is CSCCC(C)CCCCC(=C=O)C(C)(C)C. The fraction of sp³-hybridized carbons (Fsp3) is 0.867. The first-order chi connectivity index (χ1) is 7.91. The van der Waals surface area contributed by atoms with Crippen molar-refractivity contribution in [1.82, 2.24) is 0 Å². The van der Waals surface area contributed by atoms with Crippen LogP contribution in [-0.4, -0.2) is 17.9 Å². The van der Waals surface area contributed by atoms with Crippen LogP contribution in [0.15, 0.2) is 5.57 Å². The number of hydrogen-bond donors (Lipinski definition) is 0. The van der Waals surface area contributed by atoms with Gasteiger partial charge in [-0.2, -0.15) is 11.8 Å². The van der Waals surface area contributed by atoms with Gasteiger partial charge in [-0.3, -0.25) is 0 Å². The predicted octanol–water partition coefficient (Wildman–Crippen LogP) is 4.74. The second-order valence-electron chi connectivity index (χ2n) is 5.96. The summed E-state index contributed by atoms with van der Waals surface area (Å²) in [5.41, 5.74) is 0.931. The molecule has 0 bridgehead atoms. The number of allylic oxidation sites excluding steroid dienone is 1. The van der Waals surface area contributed by atoms with Gasteiger partial charge in [0, 0.05) is 5.57 Å². The summed E-state index contributed by atoms with van der Waals surface area (Å²) in [6, 6.07) is 0. The molecule has 0 N–H and O–H groups in total. The van der Waals surface area contributed by atoms with Gasteiger partial charge in [0.05, 0.1) is 0 Å². The molecule has 1 atom stereocenters. The van der Waals surface area contributed by atoms with E-state index >= 15 is 0 Å². The lowest BCUT2D eigenvalue weighted by Gasteiger charge is -2.19. The monoisotopic (exact) mass is 256 g/mol. The van der Waals surface area contributed by atoms with Gasteiger partial charge >= 0.3 is 0 Å². The highest BCUT2D eigenvalue weighted by atomic mass is 32.2. The Balaban J connectivity index is 3.74. The van der Waals surface area contributed by atoms with Gasteiger partial charge in [0.15, 0.2) is 0 Å². The van der Waals surface area contributed by atoms with Crippen LogP contribution in [0.5, 0.6) is 0 Å². The largest absolute Gasteiger partial charge is 0.234 e. The third kappa shape index (κ3) is 8.51. The van der Waals surface area contributed by atoms with Crippen molar-refractivity contribution in [1.29, 1.82) is 0 Å². The van der Waals surface area contributed by atoms with E-state index in [-0.39, 0.29) is 5.41 Å². The minimum atomic E-state index is -0.00772. The van der Waals surface area contributed by atoms with E-state index in [1.807, 2.05) is 11.8 Å². The van der Waals surface area contributed by atoms with Crippen LogP contribution in [-0.2, 0) is 4.79 Å². The van der Waals surface area contributed by atoms with Gasteiger partial charge in [-0.1, -0.05) is 40.5 Å². The van der Waals surface area contributed by atoms with Gasteiger partial charge < -0.3 is 0 Å². The first-order valence-corrected chi connectivity index (χ1v) is 8.04. The Morgan fingerprint density at radius 1 is 1.24 bits per heavy atom. The molecule has 0 rings (SSSR count). The van der Waals surface area contributed by atoms with E-state index in [2.05, 4.69) is 39.9 Å². The molecule has 0 aliphatic carbocycles. The molecule has 0 amide bonds. The van der Waals surface area contributed by atoms with Gasteiger partial charge in [-0.25, -0.2) is 4.79 Å². The standard InChI is InChI=1S/C15H28OS/c1-13(10-11-17-5)8-6-7-9-14(12-16)15(2,3)4/h13H,6-11H2,1-5H3. The zero-order chi connectivity index (χ0) is 13.3. The number of carbonyl (C=O) groups excluding carboxylic acids is 1. The second-order valence-corrected chi connectivity index (χ2v) is 6.95. The maximum atomic E-state index is 10.9. The molecule has 17 heavy (non-hydrogen) atoms. The molecule has 0 aromatic carbocycles. The van der Waals surface area contributed by atoms with Crippen LogP contribution < -0.4 is 0 Å². The predicted molar refractivity (Wildman–Crippen MR) is 79.3 cm³/mol. The molecule has 1 nitrogen and oxygen atoms in total. The Morgan fingerprint density at radius 3 is 2.35 bits per heavy atom. The molecule has 100 valence electrons. The quantitative estimate of drug-likeness (QED) is 0.461. The van der Waals surface area contributed by atoms with Gasteiger partial charge in [0.2, 0.25) is 0 Å². The number of rotatable bonds is 8. The van der Waals surface area contributed by atoms with Crippen molar-refractivity contribution in [3.05, 3.63) is 5.57 Å². The smallest absolute Gasteiger partial charge is 0.124 e. The molecule has 0 aromatic heterocycles. The van der Waals surface area contributed by atoms with E-state index in [0.717, 1.165) is 24.3 Å². The number of hydrogen-bond acceptors (Lipinski definition) is 2. The fourth-order valence-electron chi connectivity index (χ4n) is 1.84. The van der Waals surface area contributed by atoms with Crippen molar-refractivity contribution in [3.8, 4) is 0 Å². The lowest BCUT2D eigenvalue weighted by molar-refractivity contribution is 0.450. The summed E-state index contributed by atoms with van der Waals surface area (Å²) < 4.78 is 0. The molecule has 0 fully saturated rings. The van der Waals surface area contributed by atoms with Crippen molar-refractivity contribution in [2.24, 2.45) is 11.3 Å². The molecule has 0 aliphatic heterocycles. The maximum Gasteiger partial charge on any atom is 0.124 e. The Hall–Kier alpha value is -0.200. The Kier molecular flexibility index (Phi) is 8.72. The number of thioether (sulfide) groups is 1. The van der Waals surface area contributed by atoms with E-state index in [1.165, 1.54) is 25.0 Å². The van der Waals surface area contributed by atoms with E-state index in [4.69, 9.17) is 0 Å². The highest BCUT2D eigenvalue weighted by molar-refractivity contribution is 7.98. The molecule has 0 spiro atoms. The second kappa shape index (κ2) is 8.83. The molecule has 0 aromatic rings. The van der Waals surface area contributed by atoms with Crippen molar-refractivity contribution in [3.63, 3.8) is 0 Å². The summed E-state index contributed by atoms with van der Waals surface area (Å²) in [5.74, 6) is 4.21. The normalized spacial score (nSPS) is 13.2. The van der Waals surface area contributed by atoms with E-state index in [9.17, 15) is 4.79 Å². The molecule has 0 heterocycles. The van der Waals surface area contributed by atoms with Crippen molar-refractivity contribution in [2.75, 3.05) is 12.0 Å². The highest BCUT2D eigenvalue weighted by Gasteiger charge is 2.17. The zero-order valence-corrected chi connectivity index (χ0v) is 13.0. The van der Waals surface area contributed by atoms with Crippen LogP contribution in [0.2, 0.25) is 0 Å². The Morgan fingerprint density at radius 2 is 1.88 bits per heavy atom. The molecule has 0 saturated carbocycles. The van der Waals surface area contributed by atoms with E-state index < -0.39 is 0 Å². The summed E-state index contributed by atoms with van der Waals surface area (Å²) in [4.78, 5) is 10.9. The molecule has 2 heteroatoms. The van der Waals surface area contributed by atoms with Crippen molar-refractivity contribution in [2.45, 2.75) is 59.8 Å². The Bertz CT molecular complexity index is 246. The van der Waals surface area contributed by atoms with Gasteiger partial charge in [0.25, 0.3) is 0 Å². The van der Waals surface area contributed by atoms with Crippen LogP contribution in [0.3, 0.4) is 0 Å². The van der Waals surface area contributed by atoms with E-state index in [1.54, 1.807) is 0 Å². The highest BCUT2D eigenvalue weighted by Crippen LogP contribution is 2.27. The van der Waals surface area contributed by atoms with Gasteiger partial charge in [-0.05, 0) is 42.6 Å². The average molecular weight is 256 g/mol. The molecular formula is C15H28OS. The van der Waals surface area contributed by atoms with Crippen LogP contribution in [0.4, 0.5) is 0 Å².